The van der Waals surface area contributed by atoms with Gasteiger partial charge in [-0.3, -0.25) is 9.78 Å². The van der Waals surface area contributed by atoms with Crippen molar-refractivity contribution >= 4 is 15.9 Å². The number of sulfonamides is 1. The van der Waals surface area contributed by atoms with Gasteiger partial charge < -0.3 is 5.32 Å². The Bertz CT molecular complexity index is 883. The lowest BCUT2D eigenvalue weighted by molar-refractivity contribution is -0.121. The van der Waals surface area contributed by atoms with Crippen molar-refractivity contribution in [3.05, 3.63) is 59.9 Å². The number of carbonyl (C=O) groups excluding carboxylic acids is 1. The predicted octanol–water partition coefficient (Wildman–Crippen LogP) is 2.54. The molecule has 1 aromatic heterocycles. The van der Waals surface area contributed by atoms with Crippen LogP contribution in [0.2, 0.25) is 0 Å². The zero-order valence-corrected chi connectivity index (χ0v) is 17.0. The number of amides is 1. The van der Waals surface area contributed by atoms with Crippen LogP contribution >= 0.6 is 0 Å². The second-order valence-electron chi connectivity index (χ2n) is 7.31. The Morgan fingerprint density at radius 2 is 2.00 bits per heavy atom. The third-order valence-corrected chi connectivity index (χ3v) is 6.94. The molecule has 1 N–H and O–H groups in total. The van der Waals surface area contributed by atoms with E-state index in [4.69, 9.17) is 0 Å². The number of carbonyl (C=O) groups is 1. The van der Waals surface area contributed by atoms with Crippen molar-refractivity contribution in [2.24, 2.45) is 5.92 Å². The second-order valence-corrected chi connectivity index (χ2v) is 9.25. The number of piperidine rings is 1. The molecular weight excluding hydrogens is 374 g/mol. The van der Waals surface area contributed by atoms with Crippen molar-refractivity contribution in [1.82, 2.24) is 14.6 Å². The minimum Gasteiger partial charge on any atom is -0.356 e. The second kappa shape index (κ2) is 9.30. The van der Waals surface area contributed by atoms with Gasteiger partial charge in [-0.1, -0.05) is 23.8 Å². The van der Waals surface area contributed by atoms with E-state index in [9.17, 15) is 13.2 Å². The van der Waals surface area contributed by atoms with E-state index in [1.54, 1.807) is 22.6 Å². The van der Waals surface area contributed by atoms with Crippen molar-refractivity contribution in [3.8, 4) is 0 Å². The number of nitrogens with zero attached hydrogens (tertiary/aromatic N) is 2. The molecule has 1 aliphatic heterocycles. The van der Waals surface area contributed by atoms with E-state index < -0.39 is 10.0 Å². The lowest BCUT2D eigenvalue weighted by Gasteiger charge is -2.32. The minimum atomic E-state index is -3.48. The molecule has 1 saturated heterocycles. The molecule has 1 unspecified atom stereocenters. The summed E-state index contributed by atoms with van der Waals surface area (Å²) >= 11 is 0. The molecule has 6 nitrogen and oxygen atoms in total. The van der Waals surface area contributed by atoms with E-state index in [-0.39, 0.29) is 11.8 Å². The van der Waals surface area contributed by atoms with Gasteiger partial charge in [-0.25, -0.2) is 8.42 Å². The van der Waals surface area contributed by atoms with Gasteiger partial charge in [0.15, 0.2) is 0 Å². The maximum absolute atomic E-state index is 12.9. The Labute approximate surface area is 167 Å². The van der Waals surface area contributed by atoms with Crippen LogP contribution in [-0.4, -0.2) is 43.2 Å². The summed E-state index contributed by atoms with van der Waals surface area (Å²) in [6, 6.07) is 12.6. The molecule has 1 atom stereocenters. The van der Waals surface area contributed by atoms with Crippen LogP contribution in [0.3, 0.4) is 0 Å². The van der Waals surface area contributed by atoms with Gasteiger partial charge >= 0.3 is 0 Å². The van der Waals surface area contributed by atoms with E-state index >= 15 is 0 Å². The van der Waals surface area contributed by atoms with Gasteiger partial charge in [0.25, 0.3) is 0 Å². The van der Waals surface area contributed by atoms with Crippen molar-refractivity contribution in [2.75, 3.05) is 19.6 Å². The van der Waals surface area contributed by atoms with Gasteiger partial charge in [0, 0.05) is 37.9 Å². The molecule has 1 fully saturated rings. The number of aromatic nitrogens is 1. The van der Waals surface area contributed by atoms with Crippen molar-refractivity contribution in [2.45, 2.75) is 37.5 Å². The first-order chi connectivity index (χ1) is 13.4. The van der Waals surface area contributed by atoms with Crippen molar-refractivity contribution in [1.29, 1.82) is 0 Å². The number of hydrogen-bond donors (Lipinski definition) is 1. The number of hydrogen-bond acceptors (Lipinski definition) is 4. The van der Waals surface area contributed by atoms with Gasteiger partial charge in [0.05, 0.1) is 4.90 Å². The molecule has 0 radical (unpaired) electrons. The van der Waals surface area contributed by atoms with Crippen molar-refractivity contribution < 1.29 is 13.2 Å². The highest BCUT2D eigenvalue weighted by Gasteiger charge is 2.30. The number of rotatable bonds is 7. The summed E-state index contributed by atoms with van der Waals surface area (Å²) in [4.78, 5) is 16.7. The quantitative estimate of drug-likeness (QED) is 0.773. The third-order valence-electron chi connectivity index (χ3n) is 5.06. The highest BCUT2D eigenvalue weighted by molar-refractivity contribution is 7.89. The molecule has 1 aromatic carbocycles. The van der Waals surface area contributed by atoms with Gasteiger partial charge in [-0.15, -0.1) is 0 Å². The normalized spacial score (nSPS) is 18.0. The number of benzene rings is 1. The molecule has 2 heterocycles. The molecule has 2 aromatic rings. The Morgan fingerprint density at radius 3 is 2.71 bits per heavy atom. The standard InChI is InChI=1S/C21H27N3O3S/c1-17-7-10-20(11-8-17)28(26,27)24-14-4-5-18(16-24)15-23-21(25)12-9-19-6-2-3-13-22-19/h2-3,6-8,10-11,13,18H,4-5,9,12,14-16H2,1H3,(H,23,25). The third kappa shape index (κ3) is 5.39. The molecule has 1 amide bonds. The first-order valence-corrected chi connectivity index (χ1v) is 11.1. The largest absolute Gasteiger partial charge is 0.356 e. The molecule has 0 bridgehead atoms. The van der Waals surface area contributed by atoms with E-state index in [1.165, 1.54) is 0 Å². The fourth-order valence-electron chi connectivity index (χ4n) is 3.41. The lowest BCUT2D eigenvalue weighted by Crippen LogP contribution is -2.43. The first-order valence-electron chi connectivity index (χ1n) is 9.68. The topological polar surface area (TPSA) is 79.4 Å². The maximum atomic E-state index is 12.9. The van der Waals surface area contributed by atoms with Crippen LogP contribution < -0.4 is 5.32 Å². The molecule has 0 spiro atoms. The highest BCUT2D eigenvalue weighted by atomic mass is 32.2. The van der Waals surface area contributed by atoms with Crippen LogP contribution in [0.1, 0.15) is 30.5 Å². The van der Waals surface area contributed by atoms with Gasteiger partial charge in [-0.05, 0) is 56.4 Å². The first kappa shape index (κ1) is 20.5. The van der Waals surface area contributed by atoms with Gasteiger partial charge in [0.1, 0.15) is 0 Å². The predicted molar refractivity (Wildman–Crippen MR) is 108 cm³/mol. The molecule has 7 heteroatoms. The van der Waals surface area contributed by atoms with E-state index in [0.717, 1.165) is 24.1 Å². The zero-order valence-electron chi connectivity index (χ0n) is 16.2. The average molecular weight is 402 g/mol. The summed E-state index contributed by atoms with van der Waals surface area (Å²) in [7, 11) is -3.48. The van der Waals surface area contributed by atoms with Crippen LogP contribution in [0.25, 0.3) is 0 Å². The minimum absolute atomic E-state index is 0.0239. The van der Waals surface area contributed by atoms with Gasteiger partial charge in [0.2, 0.25) is 15.9 Å². The molecule has 150 valence electrons. The summed E-state index contributed by atoms with van der Waals surface area (Å²) in [5, 5.41) is 2.95. The monoisotopic (exact) mass is 401 g/mol. The molecule has 0 saturated carbocycles. The van der Waals surface area contributed by atoms with Crippen LogP contribution in [0.15, 0.2) is 53.6 Å². The molecule has 0 aliphatic carbocycles. The molecule has 28 heavy (non-hydrogen) atoms. The average Bonchev–Trinajstić information content (AvgIpc) is 2.72. The Morgan fingerprint density at radius 1 is 1.21 bits per heavy atom. The smallest absolute Gasteiger partial charge is 0.243 e. The fraction of sp³-hybridized carbons (Fsp3) is 0.429. The molecule has 1 aliphatic rings. The van der Waals surface area contributed by atoms with E-state index in [0.29, 0.717) is 37.4 Å². The Balaban J connectivity index is 1.50. The number of nitrogens with one attached hydrogen (secondary N) is 1. The Hall–Kier alpha value is -2.25. The van der Waals surface area contributed by atoms with Gasteiger partial charge in [-0.2, -0.15) is 4.31 Å². The summed E-state index contributed by atoms with van der Waals surface area (Å²) in [6.45, 7) is 3.40. The number of pyridine rings is 1. The summed E-state index contributed by atoms with van der Waals surface area (Å²) in [5.74, 6) is 0.108. The highest BCUT2D eigenvalue weighted by Crippen LogP contribution is 2.23. The molecule has 3 rings (SSSR count). The van der Waals surface area contributed by atoms with E-state index in [1.807, 2.05) is 37.3 Å². The zero-order chi connectivity index (χ0) is 20.0. The fourth-order valence-corrected chi connectivity index (χ4v) is 4.96. The van der Waals surface area contributed by atoms with Crippen molar-refractivity contribution in [3.63, 3.8) is 0 Å². The molecular formula is C21H27N3O3S. The van der Waals surface area contributed by atoms with Crippen LogP contribution in [0.4, 0.5) is 0 Å². The summed E-state index contributed by atoms with van der Waals surface area (Å²) < 4.78 is 27.3. The SMILES string of the molecule is Cc1ccc(S(=O)(=O)N2CCCC(CNC(=O)CCc3ccccn3)C2)cc1. The summed E-state index contributed by atoms with van der Waals surface area (Å²) in [5.41, 5.74) is 1.93. The van der Waals surface area contributed by atoms with Crippen LogP contribution in [-0.2, 0) is 21.2 Å². The van der Waals surface area contributed by atoms with Crippen LogP contribution in [0.5, 0.6) is 0 Å². The lowest BCUT2D eigenvalue weighted by atomic mass is 9.99. The summed E-state index contributed by atoms with van der Waals surface area (Å²) in [6.07, 6.45) is 4.43. The number of aryl methyl sites for hydroxylation is 2. The Kier molecular flexibility index (Phi) is 6.80. The van der Waals surface area contributed by atoms with E-state index in [2.05, 4.69) is 10.3 Å². The maximum Gasteiger partial charge on any atom is 0.243 e. The van der Waals surface area contributed by atoms with Crippen LogP contribution in [0, 0.1) is 12.8 Å².